The van der Waals surface area contributed by atoms with Crippen LogP contribution in [0.5, 0.6) is 5.75 Å². The Kier molecular flexibility index (Phi) is 4.81. The molecule has 0 spiro atoms. The number of rotatable bonds is 6. The standard InChI is InChI=1S/C15H20N4O2/c1-10(2)15-18-13(9-14(20)19-15)17-7-8-21-12-5-3-11(16)4-6-12/h3-6,9-10H,7-8,16H2,1-2H3,(H2,17,18,19,20). The summed E-state index contributed by atoms with van der Waals surface area (Å²) < 4.78 is 5.56. The van der Waals surface area contributed by atoms with Crippen LogP contribution in [0.2, 0.25) is 0 Å². The largest absolute Gasteiger partial charge is 0.492 e. The van der Waals surface area contributed by atoms with Crippen molar-refractivity contribution in [2.45, 2.75) is 19.8 Å². The number of aromatic amines is 1. The quantitative estimate of drug-likeness (QED) is 0.558. The zero-order valence-corrected chi connectivity index (χ0v) is 12.2. The molecule has 0 bridgehead atoms. The number of nitrogen functional groups attached to an aromatic ring is 1. The Hall–Kier alpha value is -2.50. The second-order valence-electron chi connectivity index (χ2n) is 5.01. The molecular weight excluding hydrogens is 268 g/mol. The zero-order valence-electron chi connectivity index (χ0n) is 12.2. The van der Waals surface area contributed by atoms with Crippen LogP contribution in [0, 0.1) is 0 Å². The first-order valence-electron chi connectivity index (χ1n) is 6.88. The van der Waals surface area contributed by atoms with Crippen molar-refractivity contribution in [1.82, 2.24) is 9.97 Å². The molecule has 0 fully saturated rings. The number of anilines is 2. The number of nitrogens with two attached hydrogens (primary N) is 1. The van der Waals surface area contributed by atoms with Crippen LogP contribution in [-0.4, -0.2) is 23.1 Å². The van der Waals surface area contributed by atoms with E-state index in [0.29, 0.717) is 30.5 Å². The lowest BCUT2D eigenvalue weighted by atomic mass is 10.2. The van der Waals surface area contributed by atoms with E-state index in [4.69, 9.17) is 10.5 Å². The predicted octanol–water partition coefficient (Wildman–Crippen LogP) is 1.97. The van der Waals surface area contributed by atoms with Gasteiger partial charge in [-0.1, -0.05) is 13.8 Å². The minimum absolute atomic E-state index is 0.157. The van der Waals surface area contributed by atoms with Crippen LogP contribution in [0.25, 0.3) is 0 Å². The molecule has 0 amide bonds. The summed E-state index contributed by atoms with van der Waals surface area (Å²) in [5, 5.41) is 3.08. The molecule has 1 heterocycles. The van der Waals surface area contributed by atoms with Crippen molar-refractivity contribution in [3.63, 3.8) is 0 Å². The van der Waals surface area contributed by atoms with Crippen LogP contribution >= 0.6 is 0 Å². The Morgan fingerprint density at radius 3 is 2.71 bits per heavy atom. The van der Waals surface area contributed by atoms with E-state index in [0.717, 1.165) is 5.75 Å². The lowest BCUT2D eigenvalue weighted by Crippen LogP contribution is -2.17. The number of H-pyrrole nitrogens is 1. The average molecular weight is 288 g/mol. The second-order valence-corrected chi connectivity index (χ2v) is 5.01. The van der Waals surface area contributed by atoms with Gasteiger partial charge in [0.05, 0.1) is 6.54 Å². The van der Waals surface area contributed by atoms with Crippen LogP contribution in [0.15, 0.2) is 35.1 Å². The SMILES string of the molecule is CC(C)c1nc(NCCOc2ccc(N)cc2)cc(=O)[nH]1. The molecule has 0 aliphatic rings. The summed E-state index contributed by atoms with van der Waals surface area (Å²) in [6.07, 6.45) is 0. The Balaban J connectivity index is 1.86. The van der Waals surface area contributed by atoms with Crippen molar-refractivity contribution < 1.29 is 4.74 Å². The summed E-state index contributed by atoms with van der Waals surface area (Å²) in [7, 11) is 0. The highest BCUT2D eigenvalue weighted by molar-refractivity contribution is 5.41. The number of benzene rings is 1. The normalized spacial score (nSPS) is 10.6. The fourth-order valence-corrected chi connectivity index (χ4v) is 1.75. The molecule has 0 saturated heterocycles. The molecule has 0 atom stereocenters. The van der Waals surface area contributed by atoms with Crippen molar-refractivity contribution in [2.24, 2.45) is 0 Å². The third-order valence-electron chi connectivity index (χ3n) is 2.86. The van der Waals surface area contributed by atoms with Gasteiger partial charge >= 0.3 is 0 Å². The van der Waals surface area contributed by atoms with E-state index >= 15 is 0 Å². The maximum Gasteiger partial charge on any atom is 0.252 e. The molecule has 2 aromatic rings. The van der Waals surface area contributed by atoms with E-state index in [9.17, 15) is 4.79 Å². The van der Waals surface area contributed by atoms with Crippen molar-refractivity contribution in [2.75, 3.05) is 24.2 Å². The maximum absolute atomic E-state index is 11.5. The van der Waals surface area contributed by atoms with Gasteiger partial charge in [-0.05, 0) is 24.3 Å². The average Bonchev–Trinajstić information content (AvgIpc) is 2.45. The van der Waals surface area contributed by atoms with Crippen LogP contribution < -0.4 is 21.3 Å². The van der Waals surface area contributed by atoms with E-state index in [2.05, 4.69) is 15.3 Å². The molecule has 1 aromatic carbocycles. The lowest BCUT2D eigenvalue weighted by Gasteiger charge is -2.10. The maximum atomic E-state index is 11.5. The van der Waals surface area contributed by atoms with Gasteiger partial charge in [0.1, 0.15) is 24.0 Å². The topological polar surface area (TPSA) is 93.0 Å². The summed E-state index contributed by atoms with van der Waals surface area (Å²) in [5.41, 5.74) is 6.15. The number of nitrogens with one attached hydrogen (secondary N) is 2. The molecule has 21 heavy (non-hydrogen) atoms. The second kappa shape index (κ2) is 6.78. The predicted molar refractivity (Wildman–Crippen MR) is 83.8 cm³/mol. The van der Waals surface area contributed by atoms with E-state index in [-0.39, 0.29) is 11.5 Å². The summed E-state index contributed by atoms with van der Waals surface area (Å²) in [6, 6.07) is 8.65. The molecule has 0 aliphatic carbocycles. The van der Waals surface area contributed by atoms with E-state index in [1.54, 1.807) is 12.1 Å². The summed E-state index contributed by atoms with van der Waals surface area (Å²) in [6.45, 7) is 4.98. The highest BCUT2D eigenvalue weighted by Gasteiger charge is 2.04. The van der Waals surface area contributed by atoms with Crippen molar-refractivity contribution in [3.8, 4) is 5.75 Å². The third-order valence-corrected chi connectivity index (χ3v) is 2.86. The van der Waals surface area contributed by atoms with Crippen LogP contribution in [0.4, 0.5) is 11.5 Å². The molecule has 1 aromatic heterocycles. The van der Waals surface area contributed by atoms with Crippen molar-refractivity contribution in [3.05, 3.63) is 46.5 Å². The van der Waals surface area contributed by atoms with Gasteiger partial charge in [0.15, 0.2) is 0 Å². The van der Waals surface area contributed by atoms with Crippen LogP contribution in [-0.2, 0) is 0 Å². The Labute approximate surface area is 123 Å². The van der Waals surface area contributed by atoms with Crippen LogP contribution in [0.1, 0.15) is 25.6 Å². The summed E-state index contributed by atoms with van der Waals surface area (Å²) >= 11 is 0. The van der Waals surface area contributed by atoms with Gasteiger partial charge in [0, 0.05) is 17.7 Å². The minimum atomic E-state index is -0.157. The third kappa shape index (κ3) is 4.52. The van der Waals surface area contributed by atoms with Gasteiger partial charge in [0.25, 0.3) is 5.56 Å². The van der Waals surface area contributed by atoms with Gasteiger partial charge in [0.2, 0.25) is 0 Å². The number of aromatic nitrogens is 2. The molecule has 6 heteroatoms. The molecule has 0 aliphatic heterocycles. The van der Waals surface area contributed by atoms with Gasteiger partial charge in [-0.3, -0.25) is 4.79 Å². The van der Waals surface area contributed by atoms with Crippen LogP contribution in [0.3, 0.4) is 0 Å². The highest BCUT2D eigenvalue weighted by Crippen LogP contribution is 2.13. The van der Waals surface area contributed by atoms with Gasteiger partial charge in [-0.2, -0.15) is 0 Å². The smallest absolute Gasteiger partial charge is 0.252 e. The summed E-state index contributed by atoms with van der Waals surface area (Å²) in [5.74, 6) is 2.16. The van der Waals surface area contributed by atoms with Crippen molar-refractivity contribution in [1.29, 1.82) is 0 Å². The molecule has 4 N–H and O–H groups in total. The zero-order chi connectivity index (χ0) is 15.2. The number of nitrogens with zero attached hydrogens (tertiary/aromatic N) is 1. The Morgan fingerprint density at radius 2 is 2.05 bits per heavy atom. The molecule has 0 unspecified atom stereocenters. The monoisotopic (exact) mass is 288 g/mol. The van der Waals surface area contributed by atoms with Gasteiger partial charge in [-0.15, -0.1) is 0 Å². The fourth-order valence-electron chi connectivity index (χ4n) is 1.75. The number of ether oxygens (including phenoxy) is 1. The molecule has 0 saturated carbocycles. The molecule has 6 nitrogen and oxygen atoms in total. The van der Waals surface area contributed by atoms with Crippen molar-refractivity contribution >= 4 is 11.5 Å². The number of hydrogen-bond donors (Lipinski definition) is 3. The number of hydrogen-bond acceptors (Lipinski definition) is 5. The minimum Gasteiger partial charge on any atom is -0.492 e. The van der Waals surface area contributed by atoms with E-state index < -0.39 is 0 Å². The molecule has 112 valence electrons. The van der Waals surface area contributed by atoms with Gasteiger partial charge in [-0.25, -0.2) is 4.98 Å². The Morgan fingerprint density at radius 1 is 1.33 bits per heavy atom. The molecular formula is C15H20N4O2. The molecule has 0 radical (unpaired) electrons. The first-order valence-corrected chi connectivity index (χ1v) is 6.88. The highest BCUT2D eigenvalue weighted by atomic mass is 16.5. The fraction of sp³-hybridized carbons (Fsp3) is 0.333. The van der Waals surface area contributed by atoms with Gasteiger partial charge < -0.3 is 20.8 Å². The molecule has 2 rings (SSSR count). The summed E-state index contributed by atoms with van der Waals surface area (Å²) in [4.78, 5) is 18.6. The van der Waals surface area contributed by atoms with E-state index in [1.807, 2.05) is 26.0 Å². The first kappa shape index (κ1) is 14.9. The lowest BCUT2D eigenvalue weighted by molar-refractivity contribution is 0.333. The van der Waals surface area contributed by atoms with E-state index in [1.165, 1.54) is 6.07 Å². The Bertz CT molecular complexity index is 635. The first-order chi connectivity index (χ1) is 10.0.